The number of hydrogen-bond acceptors (Lipinski definition) is 4. The second-order valence-electron chi connectivity index (χ2n) is 4.82. The maximum atomic E-state index is 12.1. The Balaban J connectivity index is 1.68. The van der Waals surface area contributed by atoms with Gasteiger partial charge in [-0.15, -0.1) is 0 Å². The zero-order valence-corrected chi connectivity index (χ0v) is 11.0. The molecule has 1 fully saturated rings. The molecule has 0 spiro atoms. The number of ether oxygens (including phenoxy) is 1. The molecule has 20 heavy (non-hydrogen) atoms. The fourth-order valence-electron chi connectivity index (χ4n) is 2.24. The molecule has 1 aliphatic heterocycles. The van der Waals surface area contributed by atoms with Gasteiger partial charge in [0.05, 0.1) is 18.4 Å². The van der Waals surface area contributed by atoms with Crippen LogP contribution in [-0.4, -0.2) is 33.9 Å². The van der Waals surface area contributed by atoms with Crippen molar-refractivity contribution in [3.05, 3.63) is 42.4 Å². The summed E-state index contributed by atoms with van der Waals surface area (Å²) < 4.78 is 7.17. The number of amides is 1. The molecule has 104 valence electrons. The summed E-state index contributed by atoms with van der Waals surface area (Å²) >= 11 is 0. The molecule has 1 unspecified atom stereocenters. The molecule has 2 aromatic heterocycles. The lowest BCUT2D eigenvalue weighted by Gasteiger charge is -2.12. The summed E-state index contributed by atoms with van der Waals surface area (Å²) in [7, 11) is 0. The normalized spacial score (nSPS) is 18.1. The molecule has 1 amide bonds. The zero-order chi connectivity index (χ0) is 13.8. The van der Waals surface area contributed by atoms with Crippen molar-refractivity contribution in [2.24, 2.45) is 5.92 Å². The molecule has 0 bridgehead atoms. The highest BCUT2D eigenvalue weighted by Gasteiger charge is 2.18. The van der Waals surface area contributed by atoms with E-state index in [1.54, 1.807) is 36.8 Å². The van der Waals surface area contributed by atoms with Crippen molar-refractivity contribution in [3.8, 4) is 0 Å². The summed E-state index contributed by atoms with van der Waals surface area (Å²) in [6.45, 7) is 2.33. The third kappa shape index (κ3) is 2.85. The Morgan fingerprint density at radius 1 is 1.45 bits per heavy atom. The van der Waals surface area contributed by atoms with E-state index in [-0.39, 0.29) is 5.91 Å². The van der Waals surface area contributed by atoms with Crippen LogP contribution in [0, 0.1) is 5.92 Å². The van der Waals surface area contributed by atoms with Crippen LogP contribution in [0.3, 0.4) is 0 Å². The average molecular weight is 272 g/mol. The second-order valence-corrected chi connectivity index (χ2v) is 4.82. The number of nitrogens with zero attached hydrogens (tertiary/aromatic N) is 3. The molecule has 0 saturated carbocycles. The molecule has 0 aliphatic carbocycles. The van der Waals surface area contributed by atoms with Crippen LogP contribution < -0.4 is 5.32 Å². The Hall–Kier alpha value is -2.21. The molecule has 0 aromatic carbocycles. The van der Waals surface area contributed by atoms with Crippen molar-refractivity contribution >= 4 is 11.7 Å². The van der Waals surface area contributed by atoms with Gasteiger partial charge in [0.25, 0.3) is 5.91 Å². The summed E-state index contributed by atoms with van der Waals surface area (Å²) in [6, 6.07) is 5.26. The van der Waals surface area contributed by atoms with Gasteiger partial charge in [-0.1, -0.05) is 0 Å². The van der Waals surface area contributed by atoms with Crippen molar-refractivity contribution in [1.82, 2.24) is 14.8 Å². The molecule has 6 heteroatoms. The van der Waals surface area contributed by atoms with Crippen molar-refractivity contribution in [1.29, 1.82) is 0 Å². The van der Waals surface area contributed by atoms with E-state index < -0.39 is 0 Å². The first-order valence-corrected chi connectivity index (χ1v) is 6.64. The molecular formula is C14H16N4O2. The lowest BCUT2D eigenvalue weighted by molar-refractivity contribution is 0.102. The Labute approximate surface area is 116 Å². The minimum atomic E-state index is -0.178. The van der Waals surface area contributed by atoms with Crippen molar-refractivity contribution in [2.75, 3.05) is 18.5 Å². The molecule has 1 N–H and O–H groups in total. The fraction of sp³-hybridized carbons (Fsp3) is 0.357. The van der Waals surface area contributed by atoms with Gasteiger partial charge in [0, 0.05) is 37.5 Å². The SMILES string of the molecule is O=C(Nc1ccnn1CC1CCOC1)c1cccnc1. The molecular weight excluding hydrogens is 256 g/mol. The Morgan fingerprint density at radius 2 is 2.40 bits per heavy atom. The van der Waals surface area contributed by atoms with Crippen LogP contribution in [0.2, 0.25) is 0 Å². The van der Waals surface area contributed by atoms with E-state index in [1.165, 1.54) is 0 Å². The molecule has 1 atom stereocenters. The number of carbonyl (C=O) groups is 1. The van der Waals surface area contributed by atoms with Gasteiger partial charge in [-0.2, -0.15) is 5.10 Å². The fourth-order valence-corrected chi connectivity index (χ4v) is 2.24. The van der Waals surface area contributed by atoms with Crippen LogP contribution in [0.5, 0.6) is 0 Å². The van der Waals surface area contributed by atoms with Crippen molar-refractivity contribution in [3.63, 3.8) is 0 Å². The third-order valence-electron chi connectivity index (χ3n) is 3.34. The van der Waals surface area contributed by atoms with Gasteiger partial charge in [-0.05, 0) is 18.6 Å². The highest BCUT2D eigenvalue weighted by molar-refractivity contribution is 6.03. The number of carbonyl (C=O) groups excluding carboxylic acids is 1. The van der Waals surface area contributed by atoms with Crippen LogP contribution in [0.1, 0.15) is 16.8 Å². The molecule has 6 nitrogen and oxygen atoms in total. The summed E-state index contributed by atoms with van der Waals surface area (Å²) in [4.78, 5) is 16.0. The quantitative estimate of drug-likeness (QED) is 0.917. The van der Waals surface area contributed by atoms with E-state index in [0.29, 0.717) is 17.3 Å². The molecule has 1 aliphatic rings. The van der Waals surface area contributed by atoms with Crippen molar-refractivity contribution in [2.45, 2.75) is 13.0 Å². The summed E-state index contributed by atoms with van der Waals surface area (Å²) in [5, 5.41) is 7.12. The van der Waals surface area contributed by atoms with E-state index in [1.807, 2.05) is 4.68 Å². The topological polar surface area (TPSA) is 69.0 Å². The summed E-state index contributed by atoms with van der Waals surface area (Å²) in [6.07, 6.45) is 5.91. The first kappa shape index (κ1) is 12.8. The maximum absolute atomic E-state index is 12.1. The van der Waals surface area contributed by atoms with Gasteiger partial charge < -0.3 is 10.1 Å². The number of pyridine rings is 1. The van der Waals surface area contributed by atoms with Crippen molar-refractivity contribution < 1.29 is 9.53 Å². The lowest BCUT2D eigenvalue weighted by Crippen LogP contribution is -2.18. The predicted molar refractivity (Wildman–Crippen MR) is 73.3 cm³/mol. The summed E-state index contributed by atoms with van der Waals surface area (Å²) in [5.41, 5.74) is 0.532. The average Bonchev–Trinajstić information content (AvgIpc) is 3.13. The monoisotopic (exact) mass is 272 g/mol. The third-order valence-corrected chi connectivity index (χ3v) is 3.34. The van der Waals surface area contributed by atoms with Gasteiger partial charge >= 0.3 is 0 Å². The van der Waals surface area contributed by atoms with Gasteiger partial charge in [0.2, 0.25) is 0 Å². The highest BCUT2D eigenvalue weighted by Crippen LogP contribution is 2.17. The minimum Gasteiger partial charge on any atom is -0.381 e. The Morgan fingerprint density at radius 3 is 3.15 bits per heavy atom. The minimum absolute atomic E-state index is 0.178. The Bertz CT molecular complexity index is 576. The number of rotatable bonds is 4. The number of aromatic nitrogens is 3. The predicted octanol–water partition coefficient (Wildman–Crippen LogP) is 1.57. The van der Waals surface area contributed by atoms with Crippen LogP contribution in [0.15, 0.2) is 36.8 Å². The number of anilines is 1. The lowest BCUT2D eigenvalue weighted by atomic mass is 10.1. The van der Waals surface area contributed by atoms with Gasteiger partial charge in [0.15, 0.2) is 0 Å². The largest absolute Gasteiger partial charge is 0.381 e. The number of nitrogens with one attached hydrogen (secondary N) is 1. The van der Waals surface area contributed by atoms with E-state index in [9.17, 15) is 4.79 Å². The molecule has 3 rings (SSSR count). The van der Waals surface area contributed by atoms with E-state index >= 15 is 0 Å². The number of hydrogen-bond donors (Lipinski definition) is 1. The van der Waals surface area contributed by atoms with Crippen LogP contribution >= 0.6 is 0 Å². The van der Waals surface area contributed by atoms with Gasteiger partial charge in [0.1, 0.15) is 5.82 Å². The highest BCUT2D eigenvalue weighted by atomic mass is 16.5. The van der Waals surface area contributed by atoms with E-state index in [0.717, 1.165) is 26.2 Å². The van der Waals surface area contributed by atoms with Crippen LogP contribution in [0.4, 0.5) is 5.82 Å². The smallest absolute Gasteiger partial charge is 0.258 e. The maximum Gasteiger partial charge on any atom is 0.258 e. The first-order chi connectivity index (χ1) is 9.83. The molecule has 2 aromatic rings. The Kier molecular flexibility index (Phi) is 3.73. The van der Waals surface area contributed by atoms with E-state index in [4.69, 9.17) is 4.74 Å². The zero-order valence-electron chi connectivity index (χ0n) is 11.0. The van der Waals surface area contributed by atoms with E-state index in [2.05, 4.69) is 15.4 Å². The molecule has 0 radical (unpaired) electrons. The van der Waals surface area contributed by atoms with Gasteiger partial charge in [-0.25, -0.2) is 4.68 Å². The van der Waals surface area contributed by atoms with Crippen LogP contribution in [0.25, 0.3) is 0 Å². The summed E-state index contributed by atoms with van der Waals surface area (Å²) in [5.74, 6) is 0.984. The van der Waals surface area contributed by atoms with Gasteiger partial charge in [-0.3, -0.25) is 9.78 Å². The standard InChI is InChI=1S/C14H16N4O2/c19-14(12-2-1-5-15-8-12)17-13-3-6-16-18(13)9-11-4-7-20-10-11/h1-3,5-6,8,11H,4,7,9-10H2,(H,17,19). The van der Waals surface area contributed by atoms with Crippen LogP contribution in [-0.2, 0) is 11.3 Å². The first-order valence-electron chi connectivity index (χ1n) is 6.64. The second kappa shape index (κ2) is 5.83. The molecule has 1 saturated heterocycles. The molecule has 3 heterocycles.